The van der Waals surface area contributed by atoms with Gasteiger partial charge in [0, 0.05) is 23.7 Å². The van der Waals surface area contributed by atoms with Crippen molar-refractivity contribution >= 4 is 11.6 Å². The molecule has 1 atom stereocenters. The van der Waals surface area contributed by atoms with Gasteiger partial charge in [-0.3, -0.25) is 0 Å². The topological polar surface area (TPSA) is 24.1 Å². The van der Waals surface area contributed by atoms with Crippen molar-refractivity contribution in [2.45, 2.75) is 25.4 Å². The molecule has 1 heterocycles. The Bertz CT molecular complexity index is 315. The van der Waals surface area contributed by atoms with E-state index in [-0.39, 0.29) is 5.54 Å². The summed E-state index contributed by atoms with van der Waals surface area (Å²) >= 11 is 5.84. The predicted molar refractivity (Wildman–Crippen MR) is 64.2 cm³/mol. The van der Waals surface area contributed by atoms with Gasteiger partial charge in [-0.05, 0) is 37.6 Å². The number of halogens is 1. The molecule has 1 unspecified atom stereocenters. The third-order valence-corrected chi connectivity index (χ3v) is 3.25. The molecule has 3 heteroatoms. The molecule has 1 aliphatic rings. The lowest BCUT2D eigenvalue weighted by Crippen LogP contribution is -2.43. The molecule has 82 valence electrons. The van der Waals surface area contributed by atoms with Crippen molar-refractivity contribution in [3.8, 4) is 0 Å². The van der Waals surface area contributed by atoms with Crippen LogP contribution < -0.4 is 10.6 Å². The molecule has 15 heavy (non-hydrogen) atoms. The van der Waals surface area contributed by atoms with Gasteiger partial charge in [0.2, 0.25) is 0 Å². The molecule has 2 nitrogen and oxygen atoms in total. The zero-order valence-corrected chi connectivity index (χ0v) is 9.77. The summed E-state index contributed by atoms with van der Waals surface area (Å²) in [7, 11) is 0. The first-order chi connectivity index (χ1) is 7.18. The quantitative estimate of drug-likeness (QED) is 0.823. The van der Waals surface area contributed by atoms with E-state index in [0.29, 0.717) is 0 Å². The second-order valence-electron chi connectivity index (χ2n) is 4.47. The zero-order chi connectivity index (χ0) is 10.7. The minimum absolute atomic E-state index is 0.250. The number of hydrogen-bond acceptors (Lipinski definition) is 2. The van der Waals surface area contributed by atoms with E-state index in [1.807, 2.05) is 12.1 Å². The van der Waals surface area contributed by atoms with Crippen LogP contribution in [0.5, 0.6) is 0 Å². The van der Waals surface area contributed by atoms with E-state index in [0.717, 1.165) is 24.7 Å². The van der Waals surface area contributed by atoms with Gasteiger partial charge in [0.15, 0.2) is 0 Å². The molecule has 2 rings (SSSR count). The Morgan fingerprint density at radius 3 is 2.73 bits per heavy atom. The molecule has 1 aromatic carbocycles. The van der Waals surface area contributed by atoms with Crippen molar-refractivity contribution < 1.29 is 0 Å². The average Bonchev–Trinajstić information content (AvgIpc) is 2.65. The van der Waals surface area contributed by atoms with E-state index in [1.54, 1.807) is 0 Å². The summed E-state index contributed by atoms with van der Waals surface area (Å²) in [6.07, 6.45) is 1.20. The normalized spacial score (nSPS) is 25.7. The van der Waals surface area contributed by atoms with Crippen molar-refractivity contribution in [1.29, 1.82) is 0 Å². The molecule has 1 saturated heterocycles. The highest BCUT2D eigenvalue weighted by Gasteiger charge is 2.27. The van der Waals surface area contributed by atoms with Gasteiger partial charge in [0.25, 0.3) is 0 Å². The van der Waals surface area contributed by atoms with Gasteiger partial charge >= 0.3 is 0 Å². The van der Waals surface area contributed by atoms with E-state index < -0.39 is 0 Å². The fourth-order valence-corrected chi connectivity index (χ4v) is 2.01. The number of nitrogens with one attached hydrogen (secondary N) is 2. The maximum Gasteiger partial charge on any atom is 0.0406 e. The van der Waals surface area contributed by atoms with E-state index in [1.165, 1.54) is 12.0 Å². The second-order valence-corrected chi connectivity index (χ2v) is 4.90. The molecular formula is C12H17ClN2. The Balaban J connectivity index is 1.90. The van der Waals surface area contributed by atoms with Crippen LogP contribution in [0, 0.1) is 0 Å². The number of rotatable bonds is 3. The minimum atomic E-state index is 0.250. The van der Waals surface area contributed by atoms with Crippen molar-refractivity contribution in [3.05, 3.63) is 34.9 Å². The summed E-state index contributed by atoms with van der Waals surface area (Å²) in [4.78, 5) is 0. The lowest BCUT2D eigenvalue weighted by atomic mass is 10.0. The Hall–Kier alpha value is -0.570. The van der Waals surface area contributed by atoms with E-state index >= 15 is 0 Å². The summed E-state index contributed by atoms with van der Waals surface area (Å²) in [5.74, 6) is 0. The molecule has 2 N–H and O–H groups in total. The highest BCUT2D eigenvalue weighted by Crippen LogP contribution is 2.15. The maximum absolute atomic E-state index is 5.84. The highest BCUT2D eigenvalue weighted by molar-refractivity contribution is 6.30. The monoisotopic (exact) mass is 224 g/mol. The van der Waals surface area contributed by atoms with Crippen LogP contribution in [0.2, 0.25) is 5.02 Å². The van der Waals surface area contributed by atoms with Crippen LogP contribution in [-0.4, -0.2) is 18.6 Å². The molecule has 1 aliphatic heterocycles. The molecule has 0 bridgehead atoms. The molecule has 1 aromatic rings. The molecule has 0 aliphatic carbocycles. The molecule has 0 saturated carbocycles. The van der Waals surface area contributed by atoms with Gasteiger partial charge in [-0.2, -0.15) is 0 Å². The van der Waals surface area contributed by atoms with E-state index in [2.05, 4.69) is 29.7 Å². The summed E-state index contributed by atoms with van der Waals surface area (Å²) in [6, 6.07) is 8.02. The summed E-state index contributed by atoms with van der Waals surface area (Å²) < 4.78 is 0. The SMILES string of the molecule is CC1(NCc2ccc(Cl)cc2)CCNC1. The summed E-state index contributed by atoms with van der Waals surface area (Å²) in [5, 5.41) is 7.76. The maximum atomic E-state index is 5.84. The zero-order valence-electron chi connectivity index (χ0n) is 9.02. The molecule has 0 amide bonds. The van der Waals surface area contributed by atoms with E-state index in [9.17, 15) is 0 Å². The van der Waals surface area contributed by atoms with Crippen LogP contribution in [0.4, 0.5) is 0 Å². The highest BCUT2D eigenvalue weighted by atomic mass is 35.5. The smallest absolute Gasteiger partial charge is 0.0406 e. The molecular weight excluding hydrogens is 208 g/mol. The van der Waals surface area contributed by atoms with Crippen LogP contribution in [0.15, 0.2) is 24.3 Å². The predicted octanol–water partition coefficient (Wildman–Crippen LogP) is 2.18. The van der Waals surface area contributed by atoms with Crippen molar-refractivity contribution in [3.63, 3.8) is 0 Å². The fourth-order valence-electron chi connectivity index (χ4n) is 1.89. The summed E-state index contributed by atoms with van der Waals surface area (Å²) in [5.41, 5.74) is 1.53. The van der Waals surface area contributed by atoms with Gasteiger partial charge in [0.1, 0.15) is 0 Å². The van der Waals surface area contributed by atoms with Crippen molar-refractivity contribution in [2.24, 2.45) is 0 Å². The Morgan fingerprint density at radius 1 is 1.40 bits per heavy atom. The number of hydrogen-bond donors (Lipinski definition) is 2. The largest absolute Gasteiger partial charge is 0.315 e. The van der Waals surface area contributed by atoms with Crippen LogP contribution in [0.3, 0.4) is 0 Å². The van der Waals surface area contributed by atoms with Gasteiger partial charge in [-0.1, -0.05) is 23.7 Å². The first-order valence-electron chi connectivity index (χ1n) is 5.38. The van der Waals surface area contributed by atoms with Gasteiger partial charge < -0.3 is 10.6 Å². The standard InChI is InChI=1S/C12H17ClN2/c1-12(6-7-14-9-12)15-8-10-2-4-11(13)5-3-10/h2-5,14-15H,6-9H2,1H3. The van der Waals surface area contributed by atoms with Gasteiger partial charge in [-0.15, -0.1) is 0 Å². The molecule has 0 radical (unpaired) electrons. The van der Waals surface area contributed by atoms with Crippen LogP contribution in [0.25, 0.3) is 0 Å². The molecule has 0 aromatic heterocycles. The van der Waals surface area contributed by atoms with Crippen LogP contribution in [-0.2, 0) is 6.54 Å². The number of benzene rings is 1. The fraction of sp³-hybridized carbons (Fsp3) is 0.500. The first kappa shape index (κ1) is 10.9. The molecule has 1 fully saturated rings. The minimum Gasteiger partial charge on any atom is -0.315 e. The van der Waals surface area contributed by atoms with Gasteiger partial charge in [0.05, 0.1) is 0 Å². The lowest BCUT2D eigenvalue weighted by molar-refractivity contribution is 0.386. The third-order valence-electron chi connectivity index (χ3n) is 3.00. The average molecular weight is 225 g/mol. The van der Waals surface area contributed by atoms with Gasteiger partial charge in [-0.25, -0.2) is 0 Å². The Kier molecular flexibility index (Phi) is 3.29. The second kappa shape index (κ2) is 4.52. The van der Waals surface area contributed by atoms with E-state index in [4.69, 9.17) is 11.6 Å². The van der Waals surface area contributed by atoms with Crippen molar-refractivity contribution in [1.82, 2.24) is 10.6 Å². The van der Waals surface area contributed by atoms with Crippen molar-refractivity contribution in [2.75, 3.05) is 13.1 Å². The third kappa shape index (κ3) is 2.94. The summed E-state index contributed by atoms with van der Waals surface area (Å²) in [6.45, 7) is 5.35. The Labute approximate surface area is 96.0 Å². The molecule has 0 spiro atoms. The first-order valence-corrected chi connectivity index (χ1v) is 5.76. The Morgan fingerprint density at radius 2 is 2.13 bits per heavy atom. The van der Waals surface area contributed by atoms with Crippen LogP contribution in [0.1, 0.15) is 18.9 Å². The van der Waals surface area contributed by atoms with Crippen LogP contribution >= 0.6 is 11.6 Å². The lowest BCUT2D eigenvalue weighted by Gasteiger charge is -2.24.